The Balaban J connectivity index is 1.66. The van der Waals surface area contributed by atoms with Crippen LogP contribution >= 0.6 is 11.6 Å². The molecular weight excluding hydrogens is 298 g/mol. The first-order chi connectivity index (χ1) is 10.7. The average molecular weight is 316 g/mol. The quantitative estimate of drug-likeness (QED) is 0.947. The van der Waals surface area contributed by atoms with E-state index in [0.717, 1.165) is 48.8 Å². The van der Waals surface area contributed by atoms with Crippen molar-refractivity contribution in [3.63, 3.8) is 0 Å². The van der Waals surface area contributed by atoms with Crippen molar-refractivity contribution >= 4 is 11.6 Å². The van der Waals surface area contributed by atoms with Gasteiger partial charge >= 0.3 is 0 Å². The predicted molar refractivity (Wildman–Crippen MR) is 87.0 cm³/mol. The molecule has 1 fully saturated rings. The second kappa shape index (κ2) is 5.52. The van der Waals surface area contributed by atoms with E-state index in [1.165, 1.54) is 12.8 Å². The van der Waals surface area contributed by atoms with Gasteiger partial charge in [0.1, 0.15) is 5.82 Å². The molecule has 4 rings (SSSR count). The first-order valence-electron chi connectivity index (χ1n) is 7.79. The molecule has 1 saturated carbocycles. The van der Waals surface area contributed by atoms with Crippen LogP contribution in [0, 0.1) is 5.92 Å². The van der Waals surface area contributed by atoms with E-state index in [-0.39, 0.29) is 5.56 Å². The normalized spacial score (nSPS) is 18.2. The van der Waals surface area contributed by atoms with E-state index in [9.17, 15) is 4.79 Å². The molecule has 0 unspecified atom stereocenters. The lowest BCUT2D eigenvalue weighted by atomic mass is 10.1. The highest BCUT2D eigenvalue weighted by molar-refractivity contribution is 6.30. The van der Waals surface area contributed by atoms with E-state index in [0.29, 0.717) is 10.8 Å². The Bertz CT molecular complexity index is 749. The summed E-state index contributed by atoms with van der Waals surface area (Å²) >= 11 is 5.92. The first kappa shape index (κ1) is 14.0. The summed E-state index contributed by atoms with van der Waals surface area (Å²) in [6, 6.07) is 7.40. The zero-order chi connectivity index (χ0) is 15.1. The Morgan fingerprint density at radius 1 is 1.27 bits per heavy atom. The van der Waals surface area contributed by atoms with Gasteiger partial charge in [-0.15, -0.1) is 0 Å². The minimum absolute atomic E-state index is 0.000946. The molecule has 2 aliphatic rings. The third kappa shape index (κ3) is 2.81. The topological polar surface area (TPSA) is 49.0 Å². The summed E-state index contributed by atoms with van der Waals surface area (Å²) in [6.07, 6.45) is 3.50. The molecule has 0 atom stereocenters. The molecule has 5 heteroatoms. The van der Waals surface area contributed by atoms with Crippen molar-refractivity contribution in [3.05, 3.63) is 50.9 Å². The predicted octanol–water partition coefficient (Wildman–Crippen LogP) is 2.86. The SMILES string of the molecule is O=c1[nH]c(-c2ccc(Cl)cc2)nc2c1CCN(CC1CC1)C2. The number of hydrogen-bond acceptors (Lipinski definition) is 3. The molecule has 4 nitrogen and oxygen atoms in total. The summed E-state index contributed by atoms with van der Waals surface area (Å²) in [7, 11) is 0. The molecule has 0 amide bonds. The van der Waals surface area contributed by atoms with Crippen LogP contribution in [0.2, 0.25) is 5.02 Å². The number of aromatic amines is 1. The number of fused-ring (bicyclic) bond motifs is 1. The second-order valence-corrected chi connectivity index (χ2v) is 6.71. The third-order valence-corrected chi connectivity index (χ3v) is 4.74. The number of benzene rings is 1. The Morgan fingerprint density at radius 2 is 2.05 bits per heavy atom. The Morgan fingerprint density at radius 3 is 2.77 bits per heavy atom. The molecule has 1 N–H and O–H groups in total. The molecular formula is C17H18ClN3O. The summed E-state index contributed by atoms with van der Waals surface area (Å²) in [4.78, 5) is 22.4. The van der Waals surface area contributed by atoms with Crippen molar-refractivity contribution in [2.75, 3.05) is 13.1 Å². The maximum atomic E-state index is 12.3. The van der Waals surface area contributed by atoms with Gasteiger partial charge in [-0.1, -0.05) is 11.6 Å². The summed E-state index contributed by atoms with van der Waals surface area (Å²) in [5, 5.41) is 0.680. The fraction of sp³-hybridized carbons (Fsp3) is 0.412. The third-order valence-electron chi connectivity index (χ3n) is 4.48. The van der Waals surface area contributed by atoms with E-state index in [1.807, 2.05) is 24.3 Å². The maximum Gasteiger partial charge on any atom is 0.254 e. The van der Waals surface area contributed by atoms with Crippen molar-refractivity contribution in [1.29, 1.82) is 0 Å². The number of aromatic nitrogens is 2. The lowest BCUT2D eigenvalue weighted by Gasteiger charge is -2.27. The molecule has 0 bridgehead atoms. The van der Waals surface area contributed by atoms with Gasteiger partial charge in [0.05, 0.1) is 5.69 Å². The molecule has 1 aromatic heterocycles. The minimum atomic E-state index is 0.000946. The molecule has 22 heavy (non-hydrogen) atoms. The molecule has 0 spiro atoms. The van der Waals surface area contributed by atoms with Gasteiger partial charge in [0.25, 0.3) is 5.56 Å². The number of halogens is 1. The molecule has 1 aliphatic carbocycles. The summed E-state index contributed by atoms with van der Waals surface area (Å²) in [6.45, 7) is 2.90. The summed E-state index contributed by atoms with van der Waals surface area (Å²) in [5.41, 5.74) is 2.68. The Kier molecular flexibility index (Phi) is 3.51. The van der Waals surface area contributed by atoms with Crippen LogP contribution in [0.5, 0.6) is 0 Å². The average Bonchev–Trinajstić information content (AvgIpc) is 3.31. The molecule has 2 heterocycles. The van der Waals surface area contributed by atoms with E-state index < -0.39 is 0 Å². The van der Waals surface area contributed by atoms with Crippen LogP contribution in [-0.2, 0) is 13.0 Å². The monoisotopic (exact) mass is 315 g/mol. The highest BCUT2D eigenvalue weighted by atomic mass is 35.5. The second-order valence-electron chi connectivity index (χ2n) is 6.28. The van der Waals surface area contributed by atoms with Crippen LogP contribution < -0.4 is 5.56 Å². The highest BCUT2D eigenvalue weighted by Crippen LogP contribution is 2.31. The van der Waals surface area contributed by atoms with E-state index >= 15 is 0 Å². The smallest absolute Gasteiger partial charge is 0.254 e. The van der Waals surface area contributed by atoms with Crippen molar-refractivity contribution in [2.24, 2.45) is 5.92 Å². The summed E-state index contributed by atoms with van der Waals surface area (Å²) < 4.78 is 0. The van der Waals surface area contributed by atoms with Crippen molar-refractivity contribution in [1.82, 2.24) is 14.9 Å². The van der Waals surface area contributed by atoms with Gasteiger partial charge in [-0.05, 0) is 49.4 Å². The van der Waals surface area contributed by atoms with Gasteiger partial charge in [-0.2, -0.15) is 0 Å². The molecule has 1 aromatic carbocycles. The van der Waals surface area contributed by atoms with E-state index in [2.05, 4.69) is 9.88 Å². The Labute approximate surface area is 134 Å². The van der Waals surface area contributed by atoms with Crippen LogP contribution in [0.15, 0.2) is 29.1 Å². The molecule has 0 saturated heterocycles. The molecule has 0 radical (unpaired) electrons. The van der Waals surface area contributed by atoms with Gasteiger partial charge in [-0.3, -0.25) is 9.69 Å². The zero-order valence-corrected chi connectivity index (χ0v) is 13.1. The van der Waals surface area contributed by atoms with Gasteiger partial charge in [-0.25, -0.2) is 4.98 Å². The van der Waals surface area contributed by atoms with Gasteiger partial charge in [0.15, 0.2) is 0 Å². The first-order valence-corrected chi connectivity index (χ1v) is 8.17. The largest absolute Gasteiger partial charge is 0.306 e. The van der Waals surface area contributed by atoms with Crippen LogP contribution in [0.25, 0.3) is 11.4 Å². The van der Waals surface area contributed by atoms with Crippen LogP contribution in [-0.4, -0.2) is 28.0 Å². The van der Waals surface area contributed by atoms with Crippen molar-refractivity contribution < 1.29 is 0 Å². The van der Waals surface area contributed by atoms with E-state index in [1.54, 1.807) is 0 Å². The molecule has 1 aliphatic heterocycles. The standard InChI is InChI=1S/C17H18ClN3O/c18-13-5-3-12(4-6-13)16-19-15-10-21(9-11-1-2-11)8-7-14(15)17(22)20-16/h3-6,11H,1-2,7-10H2,(H,19,20,22). The van der Waals surface area contributed by atoms with Crippen molar-refractivity contribution in [2.45, 2.75) is 25.8 Å². The Hall–Kier alpha value is -1.65. The van der Waals surface area contributed by atoms with Gasteiger partial charge in [0, 0.05) is 35.8 Å². The zero-order valence-electron chi connectivity index (χ0n) is 12.3. The fourth-order valence-electron chi connectivity index (χ4n) is 3.06. The number of H-pyrrole nitrogens is 1. The maximum absolute atomic E-state index is 12.3. The molecule has 114 valence electrons. The number of rotatable bonds is 3. The lowest BCUT2D eigenvalue weighted by Crippen LogP contribution is -2.36. The van der Waals surface area contributed by atoms with Gasteiger partial charge in [0.2, 0.25) is 0 Å². The van der Waals surface area contributed by atoms with Crippen LogP contribution in [0.3, 0.4) is 0 Å². The number of hydrogen-bond donors (Lipinski definition) is 1. The highest BCUT2D eigenvalue weighted by Gasteiger charge is 2.27. The van der Waals surface area contributed by atoms with E-state index in [4.69, 9.17) is 16.6 Å². The lowest BCUT2D eigenvalue weighted by molar-refractivity contribution is 0.239. The van der Waals surface area contributed by atoms with Gasteiger partial charge < -0.3 is 4.98 Å². The fourth-order valence-corrected chi connectivity index (χ4v) is 3.19. The van der Waals surface area contributed by atoms with Crippen LogP contribution in [0.4, 0.5) is 0 Å². The van der Waals surface area contributed by atoms with Crippen molar-refractivity contribution in [3.8, 4) is 11.4 Å². The molecule has 2 aromatic rings. The summed E-state index contributed by atoms with van der Waals surface area (Å²) in [5.74, 6) is 1.49. The number of nitrogens with one attached hydrogen (secondary N) is 1. The number of nitrogens with zero attached hydrogens (tertiary/aromatic N) is 2. The minimum Gasteiger partial charge on any atom is -0.306 e. The van der Waals surface area contributed by atoms with Crippen LogP contribution in [0.1, 0.15) is 24.1 Å².